The second-order valence-corrected chi connectivity index (χ2v) is 13.9. The summed E-state index contributed by atoms with van der Waals surface area (Å²) >= 11 is 1.54. The van der Waals surface area contributed by atoms with Crippen LogP contribution >= 0.6 is 11.8 Å². The van der Waals surface area contributed by atoms with Gasteiger partial charge in [0.15, 0.2) is 17.6 Å². The summed E-state index contributed by atoms with van der Waals surface area (Å²) in [4.78, 5) is 29.1. The van der Waals surface area contributed by atoms with Crippen molar-refractivity contribution < 1.29 is 46.0 Å². The Morgan fingerprint density at radius 3 is 2.15 bits per heavy atom. The first-order valence-corrected chi connectivity index (χ1v) is 17.2. The highest BCUT2D eigenvalue weighted by Gasteiger charge is 2.41. The lowest BCUT2D eigenvalue weighted by molar-refractivity contribution is -0.888. The highest BCUT2D eigenvalue weighted by atomic mass is 32.2. The van der Waals surface area contributed by atoms with Crippen LogP contribution in [0, 0.1) is 0 Å². The molecule has 3 aromatic rings. The van der Waals surface area contributed by atoms with E-state index in [1.165, 1.54) is 6.92 Å². The van der Waals surface area contributed by atoms with E-state index in [1.54, 1.807) is 38.0 Å². The Labute approximate surface area is 275 Å². The van der Waals surface area contributed by atoms with Crippen molar-refractivity contribution in [2.24, 2.45) is 0 Å². The van der Waals surface area contributed by atoms with Gasteiger partial charge in [-0.1, -0.05) is 30.3 Å². The van der Waals surface area contributed by atoms with Gasteiger partial charge in [0.25, 0.3) is 5.91 Å². The number of fused-ring (bicyclic) bond motifs is 1. The molecule has 0 radical (unpaired) electrons. The number of nitrogens with zero attached hydrogens (tertiary/aromatic N) is 2. The molecule has 1 aliphatic rings. The topological polar surface area (TPSA) is 132 Å². The number of para-hydroxylation sites is 1. The molecule has 3 aromatic carbocycles. The van der Waals surface area contributed by atoms with Crippen LogP contribution in [0.4, 0.5) is 5.69 Å². The highest BCUT2D eigenvalue weighted by molar-refractivity contribution is 7.99. The smallest absolute Gasteiger partial charge is 0.303 e. The number of ether oxygens (including phenoxy) is 4. The number of hydrogen-bond donors (Lipinski definition) is 0. The lowest BCUT2D eigenvalue weighted by Crippen LogP contribution is -2.50. The quantitative estimate of drug-likeness (QED) is 0.165. The van der Waals surface area contributed by atoms with E-state index in [0.717, 1.165) is 40.4 Å². The number of amides is 1. The van der Waals surface area contributed by atoms with Gasteiger partial charge >= 0.3 is 5.97 Å². The van der Waals surface area contributed by atoms with Gasteiger partial charge in [0.2, 0.25) is 0 Å². The number of likely N-dealkylation sites (N-methyl/N-ethyl adjacent to an activating group) is 1. The maximum absolute atomic E-state index is 14.2. The Kier molecular flexibility index (Phi) is 12.9. The molecule has 46 heavy (non-hydrogen) atoms. The molecule has 250 valence electrons. The molecule has 0 saturated heterocycles. The minimum absolute atomic E-state index is 0.224. The predicted molar refractivity (Wildman–Crippen MR) is 177 cm³/mol. The second kappa shape index (κ2) is 16.2. The van der Waals surface area contributed by atoms with Crippen LogP contribution in [0.3, 0.4) is 0 Å². The fourth-order valence-corrected chi connectivity index (χ4v) is 6.21. The molecule has 0 N–H and O–H groups in total. The molecule has 13 heteroatoms. The molecule has 0 aliphatic carbocycles. The normalized spacial score (nSPS) is 16.3. The molecule has 11 nitrogen and oxygen atoms in total. The van der Waals surface area contributed by atoms with E-state index in [-0.39, 0.29) is 5.91 Å². The van der Waals surface area contributed by atoms with E-state index in [9.17, 15) is 9.59 Å². The van der Waals surface area contributed by atoms with Crippen LogP contribution in [0.5, 0.6) is 17.2 Å². The maximum atomic E-state index is 14.2. The van der Waals surface area contributed by atoms with Crippen molar-refractivity contribution >= 4 is 39.4 Å². The first kappa shape index (κ1) is 36.7. The fraction of sp³-hybridized carbons (Fsp3) is 0.394. The number of carbonyl (C=O) groups is 2. The Bertz CT molecular complexity index is 1590. The van der Waals surface area contributed by atoms with Crippen LogP contribution in [0.15, 0.2) is 71.6 Å². The van der Waals surface area contributed by atoms with Gasteiger partial charge in [-0.25, -0.2) is 8.42 Å². The van der Waals surface area contributed by atoms with E-state index in [0.29, 0.717) is 35.3 Å². The third-order valence-corrected chi connectivity index (χ3v) is 8.69. The second-order valence-electron chi connectivity index (χ2n) is 11.3. The number of benzene rings is 3. The molecule has 0 spiro atoms. The Morgan fingerprint density at radius 2 is 1.57 bits per heavy atom. The van der Waals surface area contributed by atoms with Gasteiger partial charge < -0.3 is 32.9 Å². The molecule has 1 amide bonds. The molecule has 0 aromatic heterocycles. The average Bonchev–Trinajstić information content (AvgIpc) is 3.12. The predicted octanol–water partition coefficient (Wildman–Crippen LogP) is 4.30. The zero-order valence-corrected chi connectivity index (χ0v) is 28.9. The maximum Gasteiger partial charge on any atom is 0.303 e. The molecule has 2 unspecified atom stereocenters. The average molecular weight is 675 g/mol. The van der Waals surface area contributed by atoms with Crippen LogP contribution in [0.1, 0.15) is 23.3 Å². The summed E-state index contributed by atoms with van der Waals surface area (Å²) in [5, 5.41) is -0.406. The molecule has 2 atom stereocenters. The van der Waals surface area contributed by atoms with Crippen molar-refractivity contribution in [1.29, 1.82) is 0 Å². The first-order chi connectivity index (χ1) is 21.7. The standard InChI is InChI=1S/C32H39N2O6S.CH4O3S/c1-22(35)40-30-31(24-12-14-25(37-4)15-13-24)41-29-10-8-7-9-26(29)33(32(30)36)18-20-34(2,3)19-17-23-11-16-27(38-5)28(21-23)39-6;1-5(2,3)4/h7-16,21,30-31H,17-20H2,1-6H3;1H3,(H,2,3,4)/q+1;/p-1. The molecule has 0 fully saturated rings. The van der Waals surface area contributed by atoms with Crippen LogP contribution < -0.4 is 19.1 Å². The van der Waals surface area contributed by atoms with Gasteiger partial charge in [0.1, 0.15) is 5.75 Å². The zero-order valence-electron chi connectivity index (χ0n) is 27.2. The van der Waals surface area contributed by atoms with Gasteiger partial charge in [-0.2, -0.15) is 0 Å². The molecule has 4 rings (SSSR count). The van der Waals surface area contributed by atoms with Crippen molar-refractivity contribution in [2.75, 3.05) is 66.2 Å². The summed E-state index contributed by atoms with van der Waals surface area (Å²) < 4.78 is 49.8. The molecule has 0 bridgehead atoms. The number of methoxy groups -OCH3 is 3. The van der Waals surface area contributed by atoms with Crippen LogP contribution in [0.25, 0.3) is 0 Å². The minimum atomic E-state index is -3.92. The number of thioether (sulfide) groups is 1. The molecular formula is C33H42N2O9S2. The first-order valence-electron chi connectivity index (χ1n) is 14.5. The number of rotatable bonds is 11. The zero-order chi connectivity index (χ0) is 34.1. The largest absolute Gasteiger partial charge is 0.748 e. The van der Waals surface area contributed by atoms with Crippen LogP contribution in [0.2, 0.25) is 0 Å². The number of anilines is 1. The third kappa shape index (κ3) is 10.6. The van der Waals surface area contributed by atoms with Gasteiger partial charge in [-0.15, -0.1) is 11.8 Å². The summed E-state index contributed by atoms with van der Waals surface area (Å²) in [5.74, 6) is 1.43. The van der Waals surface area contributed by atoms with E-state index in [1.807, 2.05) is 60.7 Å². The van der Waals surface area contributed by atoms with Crippen molar-refractivity contribution in [3.05, 3.63) is 77.9 Å². The number of quaternary nitrogens is 1. The fourth-order valence-electron chi connectivity index (χ4n) is 4.89. The summed E-state index contributed by atoms with van der Waals surface area (Å²) in [7, 11) is 5.28. The van der Waals surface area contributed by atoms with E-state index in [4.69, 9.17) is 31.9 Å². The monoisotopic (exact) mass is 674 g/mol. The van der Waals surface area contributed by atoms with E-state index in [2.05, 4.69) is 20.2 Å². The van der Waals surface area contributed by atoms with Crippen molar-refractivity contribution in [3.8, 4) is 17.2 Å². The number of carbonyl (C=O) groups excluding carboxylic acids is 2. The van der Waals surface area contributed by atoms with Gasteiger partial charge in [0, 0.05) is 24.5 Å². The van der Waals surface area contributed by atoms with E-state index < -0.39 is 27.4 Å². The lowest BCUT2D eigenvalue weighted by Gasteiger charge is -2.34. The van der Waals surface area contributed by atoms with Gasteiger partial charge in [0.05, 0.1) is 76.1 Å². The summed E-state index contributed by atoms with van der Waals surface area (Å²) in [6, 6.07) is 21.4. The Hall–Kier alpha value is -3.78. The Morgan fingerprint density at radius 1 is 0.935 bits per heavy atom. The SMILES string of the molecule is COc1ccc(C2Sc3ccccc3N(CC[N+](C)(C)CCc3ccc(OC)c(OC)c3)C(=O)C2OC(C)=O)cc1.CS(=O)(=O)[O-]. The summed E-state index contributed by atoms with van der Waals surface area (Å²) in [6.45, 7) is 3.38. The third-order valence-electron chi connectivity index (χ3n) is 7.31. The minimum Gasteiger partial charge on any atom is -0.748 e. The molecule has 1 aliphatic heterocycles. The molecular weight excluding hydrogens is 633 g/mol. The van der Waals surface area contributed by atoms with Gasteiger partial charge in [-0.05, 0) is 47.5 Å². The molecule has 1 heterocycles. The van der Waals surface area contributed by atoms with E-state index >= 15 is 0 Å². The summed E-state index contributed by atoms with van der Waals surface area (Å²) in [5.41, 5.74) is 2.87. The van der Waals surface area contributed by atoms with Crippen molar-refractivity contribution in [2.45, 2.75) is 29.6 Å². The lowest BCUT2D eigenvalue weighted by atomic mass is 10.1. The number of hydrogen-bond acceptors (Lipinski definition) is 10. The van der Waals surface area contributed by atoms with Gasteiger partial charge in [-0.3, -0.25) is 9.59 Å². The van der Waals surface area contributed by atoms with Crippen molar-refractivity contribution in [1.82, 2.24) is 0 Å². The number of esters is 1. The van der Waals surface area contributed by atoms with Crippen LogP contribution in [-0.2, 0) is 30.9 Å². The highest BCUT2D eigenvalue weighted by Crippen LogP contribution is 2.47. The summed E-state index contributed by atoms with van der Waals surface area (Å²) in [6.07, 6.45) is 0.469. The van der Waals surface area contributed by atoms with Crippen LogP contribution in [-0.4, -0.2) is 96.7 Å². The van der Waals surface area contributed by atoms with Crippen molar-refractivity contribution in [3.63, 3.8) is 0 Å². The Balaban J connectivity index is 0.00000107. The molecule has 0 saturated carbocycles.